The van der Waals surface area contributed by atoms with Crippen LogP contribution in [0.4, 0.5) is 0 Å². The van der Waals surface area contributed by atoms with Crippen molar-refractivity contribution in [1.29, 1.82) is 0 Å². The van der Waals surface area contributed by atoms with Gasteiger partial charge in [-0.25, -0.2) is 4.98 Å². The lowest BCUT2D eigenvalue weighted by Gasteiger charge is -2.19. The quantitative estimate of drug-likeness (QED) is 0.779. The molecule has 88 valence electrons. The van der Waals surface area contributed by atoms with Crippen molar-refractivity contribution in [2.75, 3.05) is 0 Å². The van der Waals surface area contributed by atoms with Crippen molar-refractivity contribution in [1.82, 2.24) is 9.55 Å². The van der Waals surface area contributed by atoms with Crippen molar-refractivity contribution in [2.24, 2.45) is 5.92 Å². The van der Waals surface area contributed by atoms with Gasteiger partial charge in [-0.15, -0.1) is 0 Å². The average Bonchev–Trinajstić information content (AvgIpc) is 2.67. The molecule has 1 aliphatic heterocycles. The van der Waals surface area contributed by atoms with E-state index in [2.05, 4.69) is 51.7 Å². The van der Waals surface area contributed by atoms with E-state index >= 15 is 0 Å². The van der Waals surface area contributed by atoms with E-state index in [1.807, 2.05) is 6.07 Å². The molecular weight excluding hydrogens is 276 g/mol. The molecule has 3 rings (SSSR count). The molecule has 1 unspecified atom stereocenters. The Balaban J connectivity index is 2.08. The van der Waals surface area contributed by atoms with Gasteiger partial charge in [0, 0.05) is 18.5 Å². The molecule has 1 aliphatic rings. The molecule has 0 amide bonds. The van der Waals surface area contributed by atoms with Gasteiger partial charge < -0.3 is 4.57 Å². The van der Waals surface area contributed by atoms with E-state index in [0.29, 0.717) is 0 Å². The largest absolute Gasteiger partial charge is 0.322 e. The fourth-order valence-corrected chi connectivity index (χ4v) is 3.10. The Labute approximate surface area is 110 Å². The summed E-state index contributed by atoms with van der Waals surface area (Å²) in [5.74, 6) is 1.97. The summed E-state index contributed by atoms with van der Waals surface area (Å²) in [6, 6.07) is 10.4. The normalized spacial score (nSPS) is 19.1. The monoisotopic (exact) mass is 290 g/mol. The number of fused-ring (bicyclic) bond motifs is 1. The van der Waals surface area contributed by atoms with Gasteiger partial charge in [-0.3, -0.25) is 0 Å². The van der Waals surface area contributed by atoms with E-state index in [0.717, 1.165) is 29.2 Å². The Morgan fingerprint density at radius 1 is 1.29 bits per heavy atom. The summed E-state index contributed by atoms with van der Waals surface area (Å²) in [6.07, 6.45) is 2.33. The standard InChI is InChI=1S/C14H15BrN2/c1-10-7-8-17-12(9-10)16-13(14(17)15)11-5-3-2-4-6-11/h2-6,10H,7-9H2,1H3. The zero-order chi connectivity index (χ0) is 11.8. The number of halogens is 1. The molecule has 17 heavy (non-hydrogen) atoms. The van der Waals surface area contributed by atoms with Gasteiger partial charge in [0.2, 0.25) is 0 Å². The van der Waals surface area contributed by atoms with Gasteiger partial charge in [0.25, 0.3) is 0 Å². The van der Waals surface area contributed by atoms with Crippen LogP contribution in [-0.4, -0.2) is 9.55 Å². The lowest BCUT2D eigenvalue weighted by Crippen LogP contribution is -2.17. The van der Waals surface area contributed by atoms with Gasteiger partial charge in [0.1, 0.15) is 16.1 Å². The minimum absolute atomic E-state index is 0.750. The summed E-state index contributed by atoms with van der Waals surface area (Å²) in [5.41, 5.74) is 2.27. The topological polar surface area (TPSA) is 17.8 Å². The van der Waals surface area contributed by atoms with Crippen LogP contribution >= 0.6 is 15.9 Å². The number of rotatable bonds is 1. The fraction of sp³-hybridized carbons (Fsp3) is 0.357. The Morgan fingerprint density at radius 2 is 2.06 bits per heavy atom. The summed E-state index contributed by atoms with van der Waals surface area (Å²) in [5, 5.41) is 0. The van der Waals surface area contributed by atoms with E-state index in [1.54, 1.807) is 0 Å². The molecule has 2 heterocycles. The van der Waals surface area contributed by atoms with E-state index in [1.165, 1.54) is 17.8 Å². The number of hydrogen-bond donors (Lipinski definition) is 0. The minimum Gasteiger partial charge on any atom is -0.322 e. The Morgan fingerprint density at radius 3 is 2.82 bits per heavy atom. The highest BCUT2D eigenvalue weighted by Crippen LogP contribution is 2.32. The maximum Gasteiger partial charge on any atom is 0.113 e. The molecule has 2 nitrogen and oxygen atoms in total. The summed E-state index contributed by atoms with van der Waals surface area (Å²) in [7, 11) is 0. The first-order valence-electron chi connectivity index (χ1n) is 6.06. The third kappa shape index (κ3) is 1.93. The van der Waals surface area contributed by atoms with Crippen molar-refractivity contribution >= 4 is 15.9 Å². The minimum atomic E-state index is 0.750. The van der Waals surface area contributed by atoms with Gasteiger partial charge in [-0.05, 0) is 28.3 Å². The average molecular weight is 291 g/mol. The number of hydrogen-bond acceptors (Lipinski definition) is 1. The van der Waals surface area contributed by atoms with Crippen LogP contribution in [0.25, 0.3) is 11.3 Å². The van der Waals surface area contributed by atoms with Crippen LogP contribution in [-0.2, 0) is 13.0 Å². The van der Waals surface area contributed by atoms with Gasteiger partial charge in [-0.1, -0.05) is 37.3 Å². The van der Waals surface area contributed by atoms with Crippen molar-refractivity contribution < 1.29 is 0 Å². The highest BCUT2D eigenvalue weighted by atomic mass is 79.9. The number of aromatic nitrogens is 2. The van der Waals surface area contributed by atoms with Crippen LogP contribution < -0.4 is 0 Å². The zero-order valence-corrected chi connectivity index (χ0v) is 11.4. The number of imidazole rings is 1. The Hall–Kier alpha value is -1.09. The number of benzene rings is 1. The number of nitrogens with zero attached hydrogens (tertiary/aromatic N) is 2. The van der Waals surface area contributed by atoms with Crippen LogP contribution in [0.5, 0.6) is 0 Å². The van der Waals surface area contributed by atoms with Crippen LogP contribution in [0.2, 0.25) is 0 Å². The van der Waals surface area contributed by atoms with Crippen molar-refractivity contribution in [2.45, 2.75) is 26.3 Å². The molecule has 1 aromatic heterocycles. The van der Waals surface area contributed by atoms with E-state index in [9.17, 15) is 0 Å². The van der Waals surface area contributed by atoms with Crippen LogP contribution in [0.3, 0.4) is 0 Å². The molecule has 0 N–H and O–H groups in total. The van der Waals surface area contributed by atoms with Crippen LogP contribution in [0, 0.1) is 5.92 Å². The second-order valence-corrected chi connectivity index (χ2v) is 5.53. The van der Waals surface area contributed by atoms with Crippen LogP contribution in [0.15, 0.2) is 34.9 Å². The Bertz CT molecular complexity index is 531. The molecule has 0 bridgehead atoms. The molecule has 3 heteroatoms. The molecular formula is C14H15BrN2. The molecule has 0 spiro atoms. The molecule has 0 saturated heterocycles. The first-order chi connectivity index (χ1) is 8.25. The maximum atomic E-state index is 4.79. The highest BCUT2D eigenvalue weighted by Gasteiger charge is 2.21. The van der Waals surface area contributed by atoms with Gasteiger partial charge in [-0.2, -0.15) is 0 Å². The predicted molar refractivity (Wildman–Crippen MR) is 72.8 cm³/mol. The molecule has 0 fully saturated rings. The first-order valence-corrected chi connectivity index (χ1v) is 6.85. The molecule has 2 aromatic rings. The van der Waals surface area contributed by atoms with E-state index in [-0.39, 0.29) is 0 Å². The fourth-order valence-electron chi connectivity index (χ4n) is 2.40. The van der Waals surface area contributed by atoms with Gasteiger partial charge >= 0.3 is 0 Å². The van der Waals surface area contributed by atoms with E-state index < -0.39 is 0 Å². The lowest BCUT2D eigenvalue weighted by atomic mass is 10.0. The summed E-state index contributed by atoms with van der Waals surface area (Å²) in [6.45, 7) is 3.38. The van der Waals surface area contributed by atoms with Crippen molar-refractivity contribution in [3.8, 4) is 11.3 Å². The van der Waals surface area contributed by atoms with Crippen molar-refractivity contribution in [3.05, 3.63) is 40.8 Å². The SMILES string of the molecule is CC1CCn2c(nc(-c3ccccc3)c2Br)C1. The van der Waals surface area contributed by atoms with Crippen molar-refractivity contribution in [3.63, 3.8) is 0 Å². The smallest absolute Gasteiger partial charge is 0.113 e. The van der Waals surface area contributed by atoms with Gasteiger partial charge in [0.05, 0.1) is 0 Å². The third-order valence-corrected chi connectivity index (χ3v) is 4.21. The summed E-state index contributed by atoms with van der Waals surface area (Å²) in [4.78, 5) is 4.79. The molecule has 1 atom stereocenters. The van der Waals surface area contributed by atoms with E-state index in [4.69, 9.17) is 4.98 Å². The summed E-state index contributed by atoms with van der Waals surface area (Å²) >= 11 is 3.69. The second-order valence-electron chi connectivity index (χ2n) is 4.78. The highest BCUT2D eigenvalue weighted by molar-refractivity contribution is 9.10. The van der Waals surface area contributed by atoms with Crippen LogP contribution in [0.1, 0.15) is 19.2 Å². The molecule has 0 aliphatic carbocycles. The molecule has 0 saturated carbocycles. The molecule has 1 aromatic carbocycles. The maximum absolute atomic E-state index is 4.79. The predicted octanol–water partition coefficient (Wildman–Crippen LogP) is 3.89. The van der Waals surface area contributed by atoms with Gasteiger partial charge in [0.15, 0.2) is 0 Å². The third-order valence-electron chi connectivity index (χ3n) is 3.41. The molecule has 0 radical (unpaired) electrons. The zero-order valence-electron chi connectivity index (χ0n) is 9.86. The first kappa shape index (κ1) is 11.0. The second kappa shape index (κ2) is 4.30. The lowest BCUT2D eigenvalue weighted by molar-refractivity contribution is 0.406. The Kier molecular flexibility index (Phi) is 2.79. The summed E-state index contributed by atoms with van der Waals surface area (Å²) < 4.78 is 3.44.